The van der Waals surface area contributed by atoms with Gasteiger partial charge in [0.2, 0.25) is 0 Å². The molecule has 3 aliphatic carbocycles. The van der Waals surface area contributed by atoms with Crippen LogP contribution in [-0.2, 0) is 16.2 Å². The van der Waals surface area contributed by atoms with Crippen molar-refractivity contribution in [2.24, 2.45) is 0 Å². The topological polar surface area (TPSA) is 68.2 Å². The summed E-state index contributed by atoms with van der Waals surface area (Å²) in [6.07, 6.45) is 0. The Morgan fingerprint density at radius 1 is 0.136 bits per heavy atom. The van der Waals surface area contributed by atoms with Crippen LogP contribution in [-0.4, -0.2) is 42.4 Å². The van der Waals surface area contributed by atoms with E-state index in [9.17, 15) is 0 Å². The summed E-state index contributed by atoms with van der Waals surface area (Å²) in [5.41, 5.74) is 45.0. The van der Waals surface area contributed by atoms with Crippen LogP contribution >= 0.6 is 0 Å². The maximum atomic E-state index is 5.69. The van der Waals surface area contributed by atoms with Crippen molar-refractivity contribution in [3.63, 3.8) is 0 Å². The van der Waals surface area contributed by atoms with Crippen LogP contribution < -0.4 is 0 Å². The quantitative estimate of drug-likeness (QED) is 0.122. The van der Waals surface area contributed by atoms with Gasteiger partial charge < -0.3 is 27.4 Å². The Bertz CT molecular complexity index is 10200. The van der Waals surface area contributed by atoms with Crippen LogP contribution in [0.3, 0.4) is 0 Å². The summed E-state index contributed by atoms with van der Waals surface area (Å²) in [6, 6.07) is 170. The first-order valence-electron chi connectivity index (χ1n) is 51.2. The van der Waals surface area contributed by atoms with Crippen LogP contribution in [0.15, 0.2) is 455 Å². The molecule has 0 bridgehead atoms. The average molecular weight is 1880 g/mol. The highest BCUT2D eigenvalue weighted by Gasteiger charge is 2.40. The molecule has 690 valence electrons. The van der Waals surface area contributed by atoms with Crippen molar-refractivity contribution in [1.29, 1.82) is 0 Å². The second-order valence-electron chi connectivity index (χ2n) is 42.2. The van der Waals surface area contributed by atoms with Crippen LogP contribution in [0.1, 0.15) is 74.9 Å². The molecule has 9 nitrogen and oxygen atoms in total. The molecule has 31 rings (SSSR count). The fraction of sp³-hybridized carbons (Fsp3) is 0.0652. The maximum absolute atomic E-state index is 5.69. The van der Waals surface area contributed by atoms with Crippen molar-refractivity contribution in [1.82, 2.24) is 42.4 Å². The van der Waals surface area contributed by atoms with Crippen LogP contribution in [0.4, 0.5) is 0 Å². The molecule has 0 unspecified atom stereocenters. The molecule has 0 aliphatic heterocycles. The van der Waals surface area contributed by atoms with E-state index in [1.165, 1.54) is 143 Å². The van der Waals surface area contributed by atoms with Crippen LogP contribution in [0.25, 0.3) is 266 Å². The van der Waals surface area contributed by atoms with Crippen molar-refractivity contribution in [3.05, 3.63) is 488 Å². The molecule has 0 N–H and O–H groups in total. The van der Waals surface area contributed by atoms with E-state index in [0.717, 1.165) is 139 Å². The van der Waals surface area contributed by atoms with Gasteiger partial charge in [0.25, 0.3) is 0 Å². The third-order valence-electron chi connectivity index (χ3n) is 33.3. The minimum Gasteiger partial charge on any atom is -0.309 e. The highest BCUT2D eigenvalue weighted by Crippen LogP contribution is 2.55. The summed E-state index contributed by atoms with van der Waals surface area (Å²) in [4.78, 5) is 17.0. The highest BCUT2D eigenvalue weighted by molar-refractivity contribution is 6.17. The van der Waals surface area contributed by atoms with Crippen molar-refractivity contribution < 1.29 is 0 Å². The first kappa shape index (κ1) is 83.1. The van der Waals surface area contributed by atoms with E-state index in [0.29, 0.717) is 17.5 Å². The second kappa shape index (κ2) is 30.7. The minimum atomic E-state index is -0.155. The van der Waals surface area contributed by atoms with Gasteiger partial charge in [0.1, 0.15) is 0 Å². The van der Waals surface area contributed by atoms with Gasteiger partial charge in [-0.15, -0.1) is 0 Å². The molecular formula is C138H93N9. The van der Waals surface area contributed by atoms with Crippen molar-refractivity contribution in [2.75, 3.05) is 0 Å². The zero-order valence-corrected chi connectivity index (χ0v) is 81.8. The molecule has 0 saturated carbocycles. The molecule has 147 heavy (non-hydrogen) atoms. The number of benzene rings is 21. The zero-order chi connectivity index (χ0) is 97.3. The number of hydrogen-bond donors (Lipinski definition) is 0. The molecule has 0 atom stereocenters. The van der Waals surface area contributed by atoms with E-state index in [4.69, 9.17) is 15.0 Å². The molecule has 0 saturated heterocycles. The molecule has 21 aromatic carbocycles. The normalized spacial score (nSPS) is 13.7. The smallest absolute Gasteiger partial charge is 0.164 e. The van der Waals surface area contributed by atoms with Gasteiger partial charge in [-0.25, -0.2) is 15.0 Å². The molecule has 0 spiro atoms. The lowest BCUT2D eigenvalue weighted by Gasteiger charge is -2.22. The van der Waals surface area contributed by atoms with E-state index in [2.05, 4.69) is 524 Å². The molecule has 9 heteroatoms. The number of fused-ring (bicyclic) bond motifs is 27. The van der Waals surface area contributed by atoms with E-state index in [-0.39, 0.29) is 16.2 Å². The van der Waals surface area contributed by atoms with Gasteiger partial charge in [0, 0.05) is 132 Å². The Hall–Kier alpha value is -18.6. The Morgan fingerprint density at radius 3 is 0.612 bits per heavy atom. The summed E-state index contributed by atoms with van der Waals surface area (Å²) >= 11 is 0. The molecular weight excluding hydrogens is 1780 g/mol. The average Bonchev–Trinajstić information content (AvgIpc) is 1.56. The third kappa shape index (κ3) is 12.1. The Kier molecular flexibility index (Phi) is 17.4. The van der Waals surface area contributed by atoms with E-state index < -0.39 is 0 Å². The molecule has 0 radical (unpaired) electrons. The van der Waals surface area contributed by atoms with Crippen LogP contribution in [0, 0.1) is 0 Å². The standard InChI is InChI=1S/C138H93N9/c1-136(2)115-40-16-7-31-97(115)100-68-59-94(79-118(100)136)145-124-46-22-13-37-106(124)112-65-54-86(76-130(112)145)83-51-62-109-103-34-10-19-43-121(103)142(127(109)73-83)91-57-49-82(50-58-91)133-139-134(89-27-25-29-92(71-89)143-122-44-20-11-35-104(122)110-63-52-84(74-128(110)143)87-55-66-113-107-38-14-23-47-125(107)146(131(113)77-87)95-60-69-101-98-32-8-17-41-116(98)137(3,4)119(101)80-95)141-135(140-133)90-28-26-30-93(72-90)144-123-45-21-12-36-105(123)111-64-53-85(75-129(111)144)88-56-67-114-108-39-15-24-48-126(108)147(132(114)78-88)96-61-70-102-99-33-9-18-42-117(99)138(5,6)120(102)81-96/h7-81H,1-6H3. The summed E-state index contributed by atoms with van der Waals surface area (Å²) in [6.45, 7) is 14.2. The Balaban J connectivity index is 0.544. The van der Waals surface area contributed by atoms with E-state index in [1.54, 1.807) is 0 Å². The lowest BCUT2D eigenvalue weighted by molar-refractivity contribution is 0.660. The van der Waals surface area contributed by atoms with Crippen molar-refractivity contribution in [3.8, 4) is 135 Å². The largest absolute Gasteiger partial charge is 0.309 e. The number of hydrogen-bond acceptors (Lipinski definition) is 3. The number of rotatable bonds is 12. The van der Waals surface area contributed by atoms with Crippen LogP contribution in [0.2, 0.25) is 0 Å². The van der Waals surface area contributed by atoms with E-state index in [1.807, 2.05) is 0 Å². The molecule has 28 aromatic rings. The predicted octanol–water partition coefficient (Wildman–Crippen LogP) is 35.4. The maximum Gasteiger partial charge on any atom is 0.164 e. The van der Waals surface area contributed by atoms with Gasteiger partial charge in [-0.2, -0.15) is 0 Å². The number of aromatic nitrogens is 9. The third-order valence-corrected chi connectivity index (χ3v) is 33.3. The van der Waals surface area contributed by atoms with Gasteiger partial charge in [-0.1, -0.05) is 339 Å². The van der Waals surface area contributed by atoms with Gasteiger partial charge in [0.15, 0.2) is 17.5 Å². The fourth-order valence-corrected chi connectivity index (χ4v) is 26.2. The summed E-state index contributed by atoms with van der Waals surface area (Å²) in [5, 5.41) is 14.3. The molecule has 3 aliphatic rings. The SMILES string of the molecule is CC1(C)c2ccccc2-c2ccc(-n3c4ccccc4c4ccc(-c5ccc6c7ccccc7n(-c7ccc(-c8nc(-c9cccc(-n%10c%11ccccc%11c%11ccc(-c%12ccc%13c%14ccccc%14n(-c%14ccc%15c(c%14)C(C)(C)c%14ccccc%14-%15)c%13c%12)cc%11%10)c9)nc(-c9cccc(-n%10c%11ccccc%11c%11ccc(-c%12ccc%13c%14ccccc%14n(-c%14ccc%15c(c%14)C(C)(C)c%14ccccc%14-%15)c%13c%12)cc%11%10)c9)n8)cc7)c6c5)cc43)cc21. The second-order valence-corrected chi connectivity index (χ2v) is 42.2. The first-order chi connectivity index (χ1) is 72.1. The Morgan fingerprint density at radius 2 is 0.340 bits per heavy atom. The Labute approximate surface area is 848 Å². The summed E-state index contributed by atoms with van der Waals surface area (Å²) < 4.78 is 14.7. The monoisotopic (exact) mass is 1880 g/mol. The highest BCUT2D eigenvalue weighted by atomic mass is 15.1. The van der Waals surface area contributed by atoms with Crippen molar-refractivity contribution in [2.45, 2.75) is 57.8 Å². The fourth-order valence-electron chi connectivity index (χ4n) is 26.2. The van der Waals surface area contributed by atoms with Crippen LogP contribution in [0.5, 0.6) is 0 Å². The molecule has 7 heterocycles. The minimum absolute atomic E-state index is 0.149. The number of para-hydroxylation sites is 6. The van der Waals surface area contributed by atoms with Gasteiger partial charge >= 0.3 is 0 Å². The number of nitrogens with zero attached hydrogens (tertiary/aromatic N) is 9. The van der Waals surface area contributed by atoms with Gasteiger partial charge in [-0.3, -0.25) is 0 Å². The van der Waals surface area contributed by atoms with Gasteiger partial charge in [-0.05, 0) is 258 Å². The molecule has 0 fully saturated rings. The van der Waals surface area contributed by atoms with E-state index >= 15 is 0 Å². The zero-order valence-electron chi connectivity index (χ0n) is 81.8. The molecule has 0 amide bonds. The summed E-state index contributed by atoms with van der Waals surface area (Å²) in [5.74, 6) is 1.65. The summed E-state index contributed by atoms with van der Waals surface area (Å²) in [7, 11) is 0. The predicted molar refractivity (Wildman–Crippen MR) is 611 cm³/mol. The lowest BCUT2D eigenvalue weighted by Crippen LogP contribution is -2.15. The first-order valence-corrected chi connectivity index (χ1v) is 51.2. The molecule has 7 aromatic heterocycles. The van der Waals surface area contributed by atoms with Crippen molar-refractivity contribution >= 4 is 131 Å². The lowest BCUT2D eigenvalue weighted by atomic mass is 9.82. The van der Waals surface area contributed by atoms with Gasteiger partial charge in [0.05, 0.1) is 66.2 Å².